The molecule has 5 nitrogen and oxygen atoms in total. The van der Waals surface area contributed by atoms with E-state index in [4.69, 9.17) is 9.47 Å². The standard InChI is InChI=1S/C18H23NO3.C17H19N/c1-19-8-7-18-11-4-5-13(20)17(18)22-16-14(21-2)6-3-10(15(16)18)9-12(11)19;1-18(2)17-12-16(13-8-4-3-5-9-13)14-10-6-7-11-15(14)17/h3,6,11-13,17,20H,4-5,7-9H2,1-2H3;3-11,16-17H,12H2,1-2H3/t11-,12+,13-,17-,18-;/m0./s1. The van der Waals surface area contributed by atoms with Gasteiger partial charge in [0.05, 0.1) is 13.2 Å². The van der Waals surface area contributed by atoms with E-state index in [9.17, 15) is 5.11 Å². The summed E-state index contributed by atoms with van der Waals surface area (Å²) in [5.41, 5.74) is 7.21. The second kappa shape index (κ2) is 9.90. The zero-order valence-corrected chi connectivity index (χ0v) is 24.2. The van der Waals surface area contributed by atoms with Crippen LogP contribution in [0.2, 0.25) is 0 Å². The molecule has 3 aliphatic carbocycles. The van der Waals surface area contributed by atoms with Crippen molar-refractivity contribution in [1.29, 1.82) is 0 Å². The molecule has 2 heterocycles. The number of likely N-dealkylation sites (tertiary alicyclic amines) is 1. The topological polar surface area (TPSA) is 45.2 Å². The van der Waals surface area contributed by atoms with Gasteiger partial charge in [0.15, 0.2) is 11.5 Å². The molecule has 0 aromatic heterocycles. The lowest BCUT2D eigenvalue weighted by atomic mass is 9.51. The highest BCUT2D eigenvalue weighted by Gasteiger charge is 2.65. The third kappa shape index (κ3) is 3.78. The van der Waals surface area contributed by atoms with Crippen molar-refractivity contribution in [2.45, 2.75) is 67.7 Å². The average molecular weight is 539 g/mol. The first kappa shape index (κ1) is 26.1. The molecule has 2 unspecified atom stereocenters. The van der Waals surface area contributed by atoms with Crippen LogP contribution in [0, 0.1) is 5.92 Å². The van der Waals surface area contributed by atoms with Gasteiger partial charge in [-0.3, -0.25) is 0 Å². The number of nitrogens with zero attached hydrogens (tertiary/aromatic N) is 2. The highest BCUT2D eigenvalue weighted by molar-refractivity contribution is 5.61. The molecule has 2 bridgehead atoms. The van der Waals surface area contributed by atoms with Gasteiger partial charge in [0.2, 0.25) is 0 Å². The number of piperidine rings is 1. The Morgan fingerprint density at radius 2 is 1.73 bits per heavy atom. The van der Waals surface area contributed by atoms with E-state index in [1.807, 2.05) is 6.07 Å². The molecule has 1 spiro atoms. The van der Waals surface area contributed by atoms with Crippen LogP contribution in [0.1, 0.15) is 65.5 Å². The van der Waals surface area contributed by atoms with E-state index in [0.717, 1.165) is 43.7 Å². The Morgan fingerprint density at radius 3 is 2.48 bits per heavy atom. The van der Waals surface area contributed by atoms with Crippen molar-refractivity contribution in [2.75, 3.05) is 34.8 Å². The molecule has 1 N–H and O–H groups in total. The smallest absolute Gasteiger partial charge is 0.165 e. The van der Waals surface area contributed by atoms with Crippen molar-refractivity contribution in [3.63, 3.8) is 0 Å². The van der Waals surface area contributed by atoms with Crippen LogP contribution in [0.5, 0.6) is 11.5 Å². The molecule has 1 saturated heterocycles. The Labute approximate surface area is 238 Å². The molecule has 0 amide bonds. The Balaban J connectivity index is 0.000000135. The monoisotopic (exact) mass is 538 g/mol. The van der Waals surface area contributed by atoms with E-state index < -0.39 is 0 Å². The maximum Gasteiger partial charge on any atom is 0.165 e. The molecular formula is C35H42N2O3. The zero-order chi connectivity index (χ0) is 27.6. The summed E-state index contributed by atoms with van der Waals surface area (Å²) in [5, 5.41) is 10.6. The van der Waals surface area contributed by atoms with Crippen LogP contribution < -0.4 is 9.47 Å². The van der Waals surface area contributed by atoms with Crippen LogP contribution in [-0.4, -0.2) is 68.0 Å². The molecule has 7 atom stereocenters. The number of rotatable bonds is 3. The van der Waals surface area contributed by atoms with Gasteiger partial charge in [0.1, 0.15) is 6.10 Å². The minimum Gasteiger partial charge on any atom is -0.493 e. The van der Waals surface area contributed by atoms with Crippen LogP contribution in [0.3, 0.4) is 0 Å². The van der Waals surface area contributed by atoms with Gasteiger partial charge in [-0.1, -0.05) is 60.7 Å². The van der Waals surface area contributed by atoms with Crippen LogP contribution in [-0.2, 0) is 11.8 Å². The summed E-state index contributed by atoms with van der Waals surface area (Å²) in [6.45, 7) is 1.09. The maximum atomic E-state index is 10.6. The highest BCUT2D eigenvalue weighted by atomic mass is 16.5. The van der Waals surface area contributed by atoms with E-state index in [0.29, 0.717) is 23.9 Å². The van der Waals surface area contributed by atoms with Crippen molar-refractivity contribution in [3.05, 3.63) is 94.5 Å². The minimum atomic E-state index is -0.358. The minimum absolute atomic E-state index is 0.00625. The molecule has 1 saturated carbocycles. The molecule has 210 valence electrons. The SMILES string of the molecule is CN(C)C1CC(c2ccccc2)c2ccccc21.COc1ccc2c3c1O[C@H]1[C@@H](O)CC[C@H]4[C@@H](C2)N(C)CC[C@@]341. The van der Waals surface area contributed by atoms with Crippen molar-refractivity contribution in [3.8, 4) is 11.5 Å². The van der Waals surface area contributed by atoms with Crippen molar-refractivity contribution >= 4 is 0 Å². The van der Waals surface area contributed by atoms with Crippen LogP contribution >= 0.6 is 0 Å². The quantitative estimate of drug-likeness (QED) is 0.474. The fraction of sp³-hybridized carbons (Fsp3) is 0.486. The molecule has 2 fully saturated rings. The van der Waals surface area contributed by atoms with Crippen molar-refractivity contribution < 1.29 is 14.6 Å². The third-order valence-corrected chi connectivity index (χ3v) is 10.8. The number of fused-ring (bicyclic) bond motifs is 1. The van der Waals surface area contributed by atoms with Gasteiger partial charge in [0.25, 0.3) is 0 Å². The van der Waals surface area contributed by atoms with Gasteiger partial charge >= 0.3 is 0 Å². The number of methoxy groups -OCH3 is 1. The summed E-state index contributed by atoms with van der Waals surface area (Å²) < 4.78 is 11.9. The first-order valence-corrected chi connectivity index (χ1v) is 15.0. The van der Waals surface area contributed by atoms with Gasteiger partial charge in [-0.25, -0.2) is 0 Å². The number of benzene rings is 3. The second-order valence-electron chi connectivity index (χ2n) is 12.8. The van der Waals surface area contributed by atoms with E-state index in [1.165, 1.54) is 34.2 Å². The molecule has 3 aromatic carbocycles. The van der Waals surface area contributed by atoms with E-state index >= 15 is 0 Å². The summed E-state index contributed by atoms with van der Waals surface area (Å²) in [6, 6.07) is 25.1. The Hall–Kier alpha value is -2.86. The molecule has 2 aliphatic heterocycles. The maximum absolute atomic E-state index is 10.6. The van der Waals surface area contributed by atoms with E-state index in [2.05, 4.69) is 91.6 Å². The normalized spacial score (nSPS) is 33.0. The summed E-state index contributed by atoms with van der Waals surface area (Å²) >= 11 is 0. The van der Waals surface area contributed by atoms with Gasteiger partial charge in [-0.15, -0.1) is 0 Å². The van der Waals surface area contributed by atoms with Gasteiger partial charge in [-0.05, 0) is 94.0 Å². The number of likely N-dealkylation sites (N-methyl/N-ethyl adjacent to an activating group) is 1. The molecule has 3 aromatic rings. The summed E-state index contributed by atoms with van der Waals surface area (Å²) in [7, 11) is 8.31. The molecular weight excluding hydrogens is 496 g/mol. The number of aliphatic hydroxyl groups is 1. The lowest BCUT2D eigenvalue weighted by molar-refractivity contribution is -0.0993. The Kier molecular flexibility index (Phi) is 6.45. The third-order valence-electron chi connectivity index (χ3n) is 10.8. The van der Waals surface area contributed by atoms with E-state index in [1.54, 1.807) is 7.11 Å². The first-order chi connectivity index (χ1) is 19.4. The Bertz CT molecular complexity index is 1390. The lowest BCUT2D eigenvalue weighted by Crippen LogP contribution is -2.66. The average Bonchev–Trinajstić information content (AvgIpc) is 3.54. The summed E-state index contributed by atoms with van der Waals surface area (Å²) in [4.78, 5) is 4.86. The predicted molar refractivity (Wildman–Crippen MR) is 158 cm³/mol. The first-order valence-electron chi connectivity index (χ1n) is 15.0. The fourth-order valence-corrected chi connectivity index (χ4v) is 8.96. The molecule has 5 aliphatic rings. The number of aliphatic hydroxyl groups excluding tert-OH is 1. The van der Waals surface area contributed by atoms with E-state index in [-0.39, 0.29) is 17.6 Å². The fourth-order valence-electron chi connectivity index (χ4n) is 8.96. The molecule has 5 heteroatoms. The summed E-state index contributed by atoms with van der Waals surface area (Å²) in [5.74, 6) is 2.89. The van der Waals surface area contributed by atoms with Crippen molar-refractivity contribution in [2.24, 2.45) is 5.92 Å². The summed E-state index contributed by atoms with van der Waals surface area (Å²) in [6.07, 6.45) is 4.88. The van der Waals surface area contributed by atoms with Crippen LogP contribution in [0.15, 0.2) is 66.7 Å². The van der Waals surface area contributed by atoms with Gasteiger partial charge in [0, 0.05) is 29.0 Å². The van der Waals surface area contributed by atoms with Gasteiger partial charge in [-0.2, -0.15) is 0 Å². The lowest BCUT2D eigenvalue weighted by Gasteiger charge is -2.58. The number of hydrogen-bond donors (Lipinski definition) is 1. The van der Waals surface area contributed by atoms with Crippen molar-refractivity contribution in [1.82, 2.24) is 9.80 Å². The van der Waals surface area contributed by atoms with Gasteiger partial charge < -0.3 is 24.4 Å². The number of hydrogen-bond acceptors (Lipinski definition) is 5. The largest absolute Gasteiger partial charge is 0.493 e. The second-order valence-corrected chi connectivity index (χ2v) is 12.8. The van der Waals surface area contributed by atoms with Crippen LogP contribution in [0.4, 0.5) is 0 Å². The molecule has 8 rings (SSSR count). The van der Waals surface area contributed by atoms with Crippen LogP contribution in [0.25, 0.3) is 0 Å². The molecule has 40 heavy (non-hydrogen) atoms. The highest BCUT2D eigenvalue weighted by Crippen LogP contribution is 2.63. The zero-order valence-electron chi connectivity index (χ0n) is 24.2. The predicted octanol–water partition coefficient (Wildman–Crippen LogP) is 5.55. The molecule has 0 radical (unpaired) electrons. The number of ether oxygens (including phenoxy) is 2. The Morgan fingerprint density at radius 1 is 0.975 bits per heavy atom.